The van der Waals surface area contributed by atoms with Crippen molar-refractivity contribution in [3.63, 3.8) is 0 Å². The molecular weight excluding hydrogens is 383 g/mol. The number of para-hydroxylation sites is 1. The highest BCUT2D eigenvalue weighted by Gasteiger charge is 2.33. The molecule has 3 nitrogen and oxygen atoms in total. The Bertz CT molecular complexity index is 894. The zero-order valence-electron chi connectivity index (χ0n) is 12.7. The van der Waals surface area contributed by atoms with Crippen molar-refractivity contribution >= 4 is 32.5 Å². The number of aromatic nitrogens is 2. The first kappa shape index (κ1) is 16.7. The highest BCUT2D eigenvalue weighted by atomic mass is 79.9. The molecule has 2 aromatic heterocycles. The van der Waals surface area contributed by atoms with E-state index < -0.39 is 11.7 Å². The molecule has 124 valence electrons. The zero-order chi connectivity index (χ0) is 17.3. The van der Waals surface area contributed by atoms with E-state index in [9.17, 15) is 13.2 Å². The standard InChI is InChI=1S/C17H13BrF3N3/c1-10-7-15(12-3-2-4-14(18)16(12)24-10)23-9-11-8-22-6-5-13(11)17(19,20)21/h2-8H,9H2,1H3,(H,23,24). The van der Waals surface area contributed by atoms with Gasteiger partial charge in [-0.1, -0.05) is 12.1 Å². The van der Waals surface area contributed by atoms with Crippen molar-refractivity contribution in [1.82, 2.24) is 9.97 Å². The van der Waals surface area contributed by atoms with Crippen LogP contribution in [-0.4, -0.2) is 9.97 Å². The first-order valence-electron chi connectivity index (χ1n) is 7.16. The van der Waals surface area contributed by atoms with Gasteiger partial charge in [-0.05, 0) is 41.1 Å². The van der Waals surface area contributed by atoms with E-state index in [1.165, 1.54) is 6.20 Å². The molecule has 0 saturated carbocycles. The SMILES string of the molecule is Cc1cc(NCc2cnccc2C(F)(F)F)c2cccc(Br)c2n1. The molecular formula is C17H13BrF3N3. The van der Waals surface area contributed by atoms with Crippen molar-refractivity contribution in [3.8, 4) is 0 Å². The van der Waals surface area contributed by atoms with Crippen molar-refractivity contribution in [2.45, 2.75) is 19.6 Å². The quantitative estimate of drug-likeness (QED) is 0.650. The topological polar surface area (TPSA) is 37.8 Å². The fraction of sp³-hybridized carbons (Fsp3) is 0.176. The Morgan fingerprint density at radius 2 is 2.00 bits per heavy atom. The predicted octanol–water partition coefficient (Wildman–Crippen LogP) is 5.33. The first-order chi connectivity index (χ1) is 11.4. The van der Waals surface area contributed by atoms with Crippen molar-refractivity contribution in [2.75, 3.05) is 5.32 Å². The zero-order valence-corrected chi connectivity index (χ0v) is 14.2. The second-order valence-corrected chi connectivity index (χ2v) is 6.19. The van der Waals surface area contributed by atoms with Gasteiger partial charge in [-0.2, -0.15) is 13.2 Å². The largest absolute Gasteiger partial charge is 0.416 e. The van der Waals surface area contributed by atoms with Gasteiger partial charge in [-0.15, -0.1) is 0 Å². The lowest BCUT2D eigenvalue weighted by molar-refractivity contribution is -0.138. The Morgan fingerprint density at radius 3 is 2.75 bits per heavy atom. The van der Waals surface area contributed by atoms with Gasteiger partial charge < -0.3 is 5.32 Å². The molecule has 24 heavy (non-hydrogen) atoms. The van der Waals surface area contributed by atoms with E-state index in [0.29, 0.717) is 0 Å². The van der Waals surface area contributed by atoms with E-state index >= 15 is 0 Å². The van der Waals surface area contributed by atoms with Gasteiger partial charge >= 0.3 is 6.18 Å². The molecule has 0 saturated heterocycles. The number of halogens is 4. The van der Waals surface area contributed by atoms with Gasteiger partial charge in [0.1, 0.15) is 0 Å². The van der Waals surface area contributed by atoms with Crippen molar-refractivity contribution in [2.24, 2.45) is 0 Å². The van der Waals surface area contributed by atoms with Gasteiger partial charge in [0.2, 0.25) is 0 Å². The highest BCUT2D eigenvalue weighted by molar-refractivity contribution is 9.10. The Hall–Kier alpha value is -2.15. The molecule has 0 bridgehead atoms. The van der Waals surface area contributed by atoms with Crippen LogP contribution in [0.2, 0.25) is 0 Å². The van der Waals surface area contributed by atoms with Crippen molar-refractivity contribution < 1.29 is 13.2 Å². The van der Waals surface area contributed by atoms with Crippen LogP contribution in [0.3, 0.4) is 0 Å². The Morgan fingerprint density at radius 1 is 1.21 bits per heavy atom. The average molecular weight is 396 g/mol. The molecule has 0 spiro atoms. The normalized spacial score (nSPS) is 11.7. The molecule has 0 fully saturated rings. The summed E-state index contributed by atoms with van der Waals surface area (Å²) in [5.74, 6) is 0. The van der Waals surface area contributed by atoms with Gasteiger partial charge in [0, 0.05) is 45.7 Å². The van der Waals surface area contributed by atoms with E-state index in [4.69, 9.17) is 0 Å². The minimum Gasteiger partial charge on any atom is -0.380 e. The minimum absolute atomic E-state index is 0.0216. The monoisotopic (exact) mass is 395 g/mol. The van der Waals surface area contributed by atoms with E-state index in [1.807, 2.05) is 31.2 Å². The van der Waals surface area contributed by atoms with Crippen LogP contribution in [0.25, 0.3) is 10.9 Å². The first-order valence-corrected chi connectivity index (χ1v) is 7.95. The van der Waals surface area contributed by atoms with Crippen LogP contribution >= 0.6 is 15.9 Å². The summed E-state index contributed by atoms with van der Waals surface area (Å²) >= 11 is 3.45. The summed E-state index contributed by atoms with van der Waals surface area (Å²) in [4.78, 5) is 8.27. The summed E-state index contributed by atoms with van der Waals surface area (Å²) in [6.45, 7) is 1.86. The number of hydrogen-bond donors (Lipinski definition) is 1. The van der Waals surface area contributed by atoms with Gasteiger partial charge in [0.15, 0.2) is 0 Å². The highest BCUT2D eigenvalue weighted by Crippen LogP contribution is 2.33. The smallest absolute Gasteiger partial charge is 0.380 e. The summed E-state index contributed by atoms with van der Waals surface area (Å²) in [5, 5.41) is 3.92. The number of nitrogens with zero attached hydrogens (tertiary/aromatic N) is 2. The second-order valence-electron chi connectivity index (χ2n) is 5.33. The number of rotatable bonds is 3. The minimum atomic E-state index is -4.40. The van der Waals surface area contributed by atoms with Crippen LogP contribution in [-0.2, 0) is 12.7 Å². The number of pyridine rings is 2. The molecule has 0 aliphatic rings. The van der Waals surface area contributed by atoms with Crippen LogP contribution in [0, 0.1) is 6.92 Å². The van der Waals surface area contributed by atoms with Gasteiger partial charge in [0.25, 0.3) is 0 Å². The number of aryl methyl sites for hydroxylation is 1. The third-order valence-electron chi connectivity index (χ3n) is 3.60. The summed E-state index contributed by atoms with van der Waals surface area (Å²) < 4.78 is 40.1. The lowest BCUT2D eigenvalue weighted by Gasteiger charge is -2.15. The van der Waals surface area contributed by atoms with Crippen molar-refractivity contribution in [3.05, 3.63) is 64.0 Å². The second kappa shape index (κ2) is 6.39. The van der Waals surface area contributed by atoms with Crippen molar-refractivity contribution in [1.29, 1.82) is 0 Å². The van der Waals surface area contributed by atoms with Crippen LogP contribution < -0.4 is 5.32 Å². The lowest BCUT2D eigenvalue weighted by Crippen LogP contribution is -2.12. The number of fused-ring (bicyclic) bond motifs is 1. The molecule has 1 aromatic carbocycles. The summed E-state index contributed by atoms with van der Waals surface area (Å²) in [7, 11) is 0. The molecule has 3 aromatic rings. The molecule has 7 heteroatoms. The van der Waals surface area contributed by atoms with Gasteiger partial charge in [0.05, 0.1) is 11.1 Å². The van der Waals surface area contributed by atoms with E-state index in [2.05, 4.69) is 31.2 Å². The van der Waals surface area contributed by atoms with Gasteiger partial charge in [-0.25, -0.2) is 0 Å². The van der Waals surface area contributed by atoms with E-state index in [-0.39, 0.29) is 12.1 Å². The Kier molecular flexibility index (Phi) is 4.45. The maximum atomic E-state index is 13.1. The predicted molar refractivity (Wildman–Crippen MR) is 90.7 cm³/mol. The van der Waals surface area contributed by atoms with Crippen LogP contribution in [0.5, 0.6) is 0 Å². The van der Waals surface area contributed by atoms with Gasteiger partial charge in [-0.3, -0.25) is 9.97 Å². The maximum Gasteiger partial charge on any atom is 0.416 e. The molecule has 0 unspecified atom stereocenters. The van der Waals surface area contributed by atoms with Crippen LogP contribution in [0.1, 0.15) is 16.8 Å². The summed E-state index contributed by atoms with van der Waals surface area (Å²) in [6, 6.07) is 8.42. The molecule has 0 atom stereocenters. The number of alkyl halides is 3. The number of benzene rings is 1. The number of nitrogens with one attached hydrogen (secondary N) is 1. The maximum absolute atomic E-state index is 13.1. The third kappa shape index (κ3) is 3.36. The average Bonchev–Trinajstić information content (AvgIpc) is 2.53. The van der Waals surface area contributed by atoms with Crippen LogP contribution in [0.15, 0.2) is 47.2 Å². The Balaban J connectivity index is 1.97. The van der Waals surface area contributed by atoms with E-state index in [0.717, 1.165) is 39.0 Å². The molecule has 0 aliphatic heterocycles. The molecule has 1 N–H and O–H groups in total. The number of hydrogen-bond acceptors (Lipinski definition) is 3. The molecule has 0 radical (unpaired) electrons. The molecule has 0 amide bonds. The van der Waals surface area contributed by atoms with E-state index in [1.54, 1.807) is 0 Å². The number of anilines is 1. The Labute approximate surface area is 145 Å². The third-order valence-corrected chi connectivity index (χ3v) is 4.24. The summed E-state index contributed by atoms with van der Waals surface area (Å²) in [5.41, 5.74) is 1.70. The molecule has 3 rings (SSSR count). The molecule has 0 aliphatic carbocycles. The summed E-state index contributed by atoms with van der Waals surface area (Å²) in [6.07, 6.45) is -2.02. The molecule has 2 heterocycles. The fourth-order valence-corrected chi connectivity index (χ4v) is 2.98. The lowest BCUT2D eigenvalue weighted by atomic mass is 10.1. The fourth-order valence-electron chi connectivity index (χ4n) is 2.52. The van der Waals surface area contributed by atoms with Crippen LogP contribution in [0.4, 0.5) is 18.9 Å².